The lowest BCUT2D eigenvalue weighted by Crippen LogP contribution is -2.51. The highest BCUT2D eigenvalue weighted by Gasteiger charge is 2.37. The minimum atomic E-state index is -1.11. The number of benzene rings is 3. The largest absolute Gasteiger partial charge is 0.497 e. The molecule has 3 aromatic carbocycles. The van der Waals surface area contributed by atoms with Crippen molar-refractivity contribution in [2.24, 2.45) is 0 Å². The van der Waals surface area contributed by atoms with Gasteiger partial charge in [0.25, 0.3) is 0 Å². The number of aromatic nitrogens is 3. The van der Waals surface area contributed by atoms with E-state index < -0.39 is 11.6 Å². The Morgan fingerprint density at radius 3 is 2.33 bits per heavy atom. The van der Waals surface area contributed by atoms with E-state index >= 15 is 0 Å². The van der Waals surface area contributed by atoms with Gasteiger partial charge in [0.15, 0.2) is 11.5 Å². The lowest BCUT2D eigenvalue weighted by atomic mass is 9.97. The summed E-state index contributed by atoms with van der Waals surface area (Å²) in [6.45, 7) is 5.71. The van der Waals surface area contributed by atoms with Crippen LogP contribution in [0, 0.1) is 0 Å². The second-order valence-corrected chi connectivity index (χ2v) is 9.91. The summed E-state index contributed by atoms with van der Waals surface area (Å²) in [4.78, 5) is 29.9. The smallest absolute Gasteiger partial charge is 0.249 e. The molecule has 1 unspecified atom stereocenters. The van der Waals surface area contributed by atoms with Gasteiger partial charge >= 0.3 is 0 Å². The van der Waals surface area contributed by atoms with Gasteiger partial charge in [-0.25, -0.2) is 4.68 Å². The van der Waals surface area contributed by atoms with Crippen molar-refractivity contribution in [2.75, 3.05) is 26.2 Å². The highest BCUT2D eigenvalue weighted by molar-refractivity contribution is 6.02. The Bertz CT molecular complexity index is 1480. The quantitative estimate of drug-likeness (QED) is 0.295. The van der Waals surface area contributed by atoms with E-state index in [-0.39, 0.29) is 18.4 Å². The van der Waals surface area contributed by atoms with E-state index in [9.17, 15) is 9.59 Å². The number of hydrogen-bond donors (Lipinski definition) is 1. The van der Waals surface area contributed by atoms with Crippen LogP contribution in [0.25, 0.3) is 11.0 Å². The molecule has 1 atom stereocenters. The number of amides is 2. The monoisotopic (exact) mass is 545 g/mol. The number of fused-ring (bicyclic) bond motifs is 1. The summed E-state index contributed by atoms with van der Waals surface area (Å²) >= 11 is 0. The molecule has 1 N–H and O–H groups in total. The molecule has 0 aliphatic rings. The summed E-state index contributed by atoms with van der Waals surface area (Å²) in [7, 11) is 4.60. The molecule has 0 spiro atoms. The number of carbonyl (C=O) groups excluding carboxylic acids is 2. The van der Waals surface area contributed by atoms with Gasteiger partial charge in [-0.3, -0.25) is 14.5 Å². The topological polar surface area (TPSA) is 108 Å². The summed E-state index contributed by atoms with van der Waals surface area (Å²) in [6.07, 6.45) is 0.683. The summed E-state index contributed by atoms with van der Waals surface area (Å²) < 4.78 is 18.1. The molecule has 40 heavy (non-hydrogen) atoms. The molecule has 0 saturated heterocycles. The predicted molar refractivity (Wildman–Crippen MR) is 153 cm³/mol. The third-order valence-corrected chi connectivity index (χ3v) is 6.90. The molecule has 10 heteroatoms. The van der Waals surface area contributed by atoms with Crippen molar-refractivity contribution < 1.29 is 23.8 Å². The van der Waals surface area contributed by atoms with E-state index in [1.54, 1.807) is 49.6 Å². The van der Waals surface area contributed by atoms with Crippen molar-refractivity contribution >= 4 is 28.5 Å². The molecule has 0 aliphatic heterocycles. The number of anilines is 1. The Kier molecular flexibility index (Phi) is 8.57. The number of nitrogens with zero attached hydrogens (tertiary/aromatic N) is 4. The van der Waals surface area contributed by atoms with Crippen molar-refractivity contribution in [3.05, 3.63) is 72.3 Å². The molecule has 1 aromatic heterocycles. The van der Waals surface area contributed by atoms with Crippen LogP contribution in [0.15, 0.2) is 66.7 Å². The molecule has 10 nitrogen and oxygen atoms in total. The first kappa shape index (κ1) is 28.4. The van der Waals surface area contributed by atoms with Gasteiger partial charge < -0.3 is 19.5 Å². The van der Waals surface area contributed by atoms with Gasteiger partial charge in [0.1, 0.15) is 23.9 Å². The van der Waals surface area contributed by atoms with Crippen LogP contribution in [0.2, 0.25) is 0 Å². The molecule has 4 aromatic rings. The summed E-state index contributed by atoms with van der Waals surface area (Å²) in [6, 6.07) is 18.5. The standard InChI is InChI=1S/C30H35N5O5/c1-7-30(2,3)31-29(37)27(22-11-10-14-25(39-5)28(22)40-6)35(20-15-17-21(38-4)18-16-20)26(36)19-34-24-13-9-8-12-23(24)32-33-34/h8-18,27H,7,19H2,1-6H3,(H,31,37). The average Bonchev–Trinajstić information content (AvgIpc) is 3.37. The number of methoxy groups -OCH3 is 3. The number of para-hydroxylation sites is 2. The molecular formula is C30H35N5O5. The van der Waals surface area contributed by atoms with Crippen molar-refractivity contribution in [1.29, 1.82) is 0 Å². The molecule has 2 amide bonds. The van der Waals surface area contributed by atoms with Crippen molar-refractivity contribution in [3.63, 3.8) is 0 Å². The first-order valence-corrected chi connectivity index (χ1v) is 13.0. The van der Waals surface area contributed by atoms with Crippen LogP contribution >= 0.6 is 0 Å². The summed E-state index contributed by atoms with van der Waals surface area (Å²) in [5, 5.41) is 11.5. The SMILES string of the molecule is CCC(C)(C)NC(=O)C(c1cccc(OC)c1OC)N(C(=O)Cn1nnc2ccccc21)c1ccc(OC)cc1. The van der Waals surface area contributed by atoms with E-state index in [1.165, 1.54) is 23.8 Å². The zero-order valence-corrected chi connectivity index (χ0v) is 23.7. The molecule has 0 saturated carbocycles. The van der Waals surface area contributed by atoms with Crippen LogP contribution in [0.1, 0.15) is 38.8 Å². The van der Waals surface area contributed by atoms with Gasteiger partial charge in [0.05, 0.1) is 26.8 Å². The van der Waals surface area contributed by atoms with Gasteiger partial charge in [-0.15, -0.1) is 5.10 Å². The average molecular weight is 546 g/mol. The normalized spacial score (nSPS) is 12.1. The van der Waals surface area contributed by atoms with E-state index in [1.807, 2.05) is 45.0 Å². The van der Waals surface area contributed by atoms with E-state index in [4.69, 9.17) is 14.2 Å². The van der Waals surface area contributed by atoms with Crippen molar-refractivity contribution in [2.45, 2.75) is 45.3 Å². The Hall–Kier alpha value is -4.60. The third kappa shape index (κ3) is 5.85. The Morgan fingerprint density at radius 1 is 0.950 bits per heavy atom. The van der Waals surface area contributed by atoms with Gasteiger partial charge in [-0.1, -0.05) is 36.4 Å². The van der Waals surface area contributed by atoms with Crippen LogP contribution in [-0.2, 0) is 16.1 Å². The Labute approximate surface area is 233 Å². The van der Waals surface area contributed by atoms with Crippen molar-refractivity contribution in [3.8, 4) is 17.2 Å². The lowest BCUT2D eigenvalue weighted by molar-refractivity contribution is -0.128. The molecule has 210 valence electrons. The molecule has 0 fully saturated rings. The van der Waals surface area contributed by atoms with Crippen LogP contribution in [0.5, 0.6) is 17.2 Å². The summed E-state index contributed by atoms with van der Waals surface area (Å²) in [5.41, 5.74) is 1.81. The lowest BCUT2D eigenvalue weighted by Gasteiger charge is -2.35. The Balaban J connectivity index is 1.90. The number of ether oxygens (including phenoxy) is 3. The molecule has 0 radical (unpaired) electrons. The minimum Gasteiger partial charge on any atom is -0.497 e. The highest BCUT2D eigenvalue weighted by Crippen LogP contribution is 2.39. The minimum absolute atomic E-state index is 0.153. The van der Waals surface area contributed by atoms with Gasteiger partial charge in [0.2, 0.25) is 11.8 Å². The zero-order chi connectivity index (χ0) is 28.9. The third-order valence-electron chi connectivity index (χ3n) is 6.90. The molecule has 1 heterocycles. The fourth-order valence-corrected chi connectivity index (χ4v) is 4.43. The van der Waals surface area contributed by atoms with Crippen molar-refractivity contribution in [1.82, 2.24) is 20.3 Å². The molecule has 0 aliphatic carbocycles. The molecule has 0 bridgehead atoms. The van der Waals surface area contributed by atoms with Gasteiger partial charge in [-0.05, 0) is 62.7 Å². The highest BCUT2D eigenvalue weighted by atomic mass is 16.5. The Morgan fingerprint density at radius 2 is 1.68 bits per heavy atom. The van der Waals surface area contributed by atoms with Crippen LogP contribution in [0.4, 0.5) is 5.69 Å². The first-order valence-electron chi connectivity index (χ1n) is 13.0. The fraction of sp³-hybridized carbons (Fsp3) is 0.333. The fourth-order valence-electron chi connectivity index (χ4n) is 4.43. The maximum absolute atomic E-state index is 14.3. The number of rotatable bonds is 11. The maximum atomic E-state index is 14.3. The maximum Gasteiger partial charge on any atom is 0.249 e. The van der Waals surface area contributed by atoms with E-state index in [0.29, 0.717) is 46.0 Å². The van der Waals surface area contributed by atoms with Crippen LogP contribution in [0.3, 0.4) is 0 Å². The van der Waals surface area contributed by atoms with Crippen LogP contribution < -0.4 is 24.4 Å². The van der Waals surface area contributed by atoms with Crippen LogP contribution in [-0.4, -0.2) is 53.7 Å². The van der Waals surface area contributed by atoms with E-state index in [2.05, 4.69) is 15.6 Å². The number of carbonyl (C=O) groups is 2. The molecule has 4 rings (SSSR count). The van der Waals surface area contributed by atoms with Gasteiger partial charge in [0, 0.05) is 16.8 Å². The zero-order valence-electron chi connectivity index (χ0n) is 23.7. The van der Waals surface area contributed by atoms with E-state index in [0.717, 1.165) is 0 Å². The first-order chi connectivity index (χ1) is 19.2. The summed E-state index contributed by atoms with van der Waals surface area (Å²) in [5.74, 6) is 0.672. The predicted octanol–water partition coefficient (Wildman–Crippen LogP) is 4.54. The second kappa shape index (κ2) is 12.1. The van der Waals surface area contributed by atoms with Gasteiger partial charge in [-0.2, -0.15) is 0 Å². The molecular weight excluding hydrogens is 510 g/mol. The number of nitrogens with one attached hydrogen (secondary N) is 1. The second-order valence-electron chi connectivity index (χ2n) is 9.91. The number of hydrogen-bond acceptors (Lipinski definition) is 7.